The summed E-state index contributed by atoms with van der Waals surface area (Å²) < 4.78 is 6.26. The van der Waals surface area contributed by atoms with E-state index in [9.17, 15) is 9.59 Å². The molecule has 0 aliphatic carbocycles. The van der Waals surface area contributed by atoms with Crippen LogP contribution in [-0.2, 0) is 4.79 Å². The van der Waals surface area contributed by atoms with Gasteiger partial charge in [0.1, 0.15) is 5.75 Å². The lowest BCUT2D eigenvalue weighted by Gasteiger charge is -2.30. The quantitative estimate of drug-likeness (QED) is 0.518. The van der Waals surface area contributed by atoms with Crippen molar-refractivity contribution in [3.63, 3.8) is 0 Å². The van der Waals surface area contributed by atoms with E-state index in [1.54, 1.807) is 19.2 Å². The number of ether oxygens (including phenoxy) is 1. The van der Waals surface area contributed by atoms with Gasteiger partial charge in [-0.05, 0) is 55.1 Å². The molecule has 0 saturated carbocycles. The van der Waals surface area contributed by atoms with Gasteiger partial charge in [-0.15, -0.1) is 0 Å². The third-order valence-corrected chi connectivity index (χ3v) is 5.50. The van der Waals surface area contributed by atoms with Crippen molar-refractivity contribution < 1.29 is 14.3 Å². The number of hydrogen-bond donors (Lipinski definition) is 2. The topological polar surface area (TPSA) is 70.7 Å². The molecule has 2 aromatic carbocycles. The Labute approximate surface area is 187 Å². The van der Waals surface area contributed by atoms with Crippen LogP contribution in [0.2, 0.25) is 0 Å². The van der Waals surface area contributed by atoms with Crippen LogP contribution in [0, 0.1) is 0 Å². The zero-order valence-electron chi connectivity index (χ0n) is 17.8. The maximum absolute atomic E-state index is 12.4. The molecule has 0 fully saturated rings. The molecule has 0 spiro atoms. The number of carbonyl (C=O) groups is 2. The van der Waals surface area contributed by atoms with Gasteiger partial charge in [-0.1, -0.05) is 41.9 Å². The Morgan fingerprint density at radius 3 is 2.40 bits per heavy atom. The standard InChI is InChI=1S/C23H30BrN3O3/c1-4-27(5-2)21(18-7-6-8-20(15-18)30-3)16-26-22(28)13-14-25-23(29)17-9-11-19(24)12-10-17/h6-12,15,21H,4-5,13-14,16H2,1-3H3,(H,25,29)(H,26,28). The van der Waals surface area contributed by atoms with Gasteiger partial charge in [-0.25, -0.2) is 0 Å². The second-order valence-corrected chi connectivity index (χ2v) is 7.75. The van der Waals surface area contributed by atoms with Crippen LogP contribution in [0.25, 0.3) is 0 Å². The number of benzene rings is 2. The average Bonchev–Trinajstić information content (AvgIpc) is 2.77. The molecule has 2 rings (SSSR count). The minimum Gasteiger partial charge on any atom is -0.497 e. The fraction of sp³-hybridized carbons (Fsp3) is 0.391. The van der Waals surface area contributed by atoms with Crippen LogP contribution < -0.4 is 15.4 Å². The lowest BCUT2D eigenvalue weighted by Crippen LogP contribution is -2.39. The number of methoxy groups -OCH3 is 1. The van der Waals surface area contributed by atoms with E-state index in [4.69, 9.17) is 4.74 Å². The Bertz CT molecular complexity index is 823. The number of likely N-dealkylation sites (N-methyl/N-ethyl adjacent to an activating group) is 1. The predicted molar refractivity (Wildman–Crippen MR) is 123 cm³/mol. The van der Waals surface area contributed by atoms with Crippen LogP contribution in [0.5, 0.6) is 5.75 Å². The van der Waals surface area contributed by atoms with Gasteiger partial charge in [-0.3, -0.25) is 14.5 Å². The number of rotatable bonds is 11. The lowest BCUT2D eigenvalue weighted by atomic mass is 10.0. The molecule has 0 radical (unpaired) electrons. The molecule has 1 atom stereocenters. The summed E-state index contributed by atoms with van der Waals surface area (Å²) in [4.78, 5) is 26.8. The maximum Gasteiger partial charge on any atom is 0.251 e. The fourth-order valence-electron chi connectivity index (χ4n) is 3.26. The fourth-order valence-corrected chi connectivity index (χ4v) is 3.53. The summed E-state index contributed by atoms with van der Waals surface area (Å²) >= 11 is 3.35. The molecule has 2 amide bonds. The first kappa shape index (κ1) is 23.9. The summed E-state index contributed by atoms with van der Waals surface area (Å²) in [5.74, 6) is 0.519. The predicted octanol–water partition coefficient (Wildman–Crippen LogP) is 3.78. The summed E-state index contributed by atoms with van der Waals surface area (Å²) in [6.45, 7) is 6.74. The minimum absolute atomic E-state index is 0.0522. The minimum atomic E-state index is -0.187. The van der Waals surface area contributed by atoms with Crippen LogP contribution in [0.3, 0.4) is 0 Å². The van der Waals surface area contributed by atoms with Crippen molar-refractivity contribution in [2.75, 3.05) is 33.3 Å². The highest BCUT2D eigenvalue weighted by molar-refractivity contribution is 9.10. The zero-order valence-corrected chi connectivity index (χ0v) is 19.4. The number of amides is 2. The van der Waals surface area contributed by atoms with Gasteiger partial charge >= 0.3 is 0 Å². The number of hydrogen-bond acceptors (Lipinski definition) is 4. The van der Waals surface area contributed by atoms with Gasteiger partial charge in [0.25, 0.3) is 5.91 Å². The first-order valence-corrected chi connectivity index (χ1v) is 11.0. The Hall–Kier alpha value is -2.38. The number of nitrogens with one attached hydrogen (secondary N) is 2. The molecule has 0 saturated heterocycles. The second-order valence-electron chi connectivity index (χ2n) is 6.83. The van der Waals surface area contributed by atoms with Gasteiger partial charge in [0, 0.05) is 29.5 Å². The number of nitrogens with zero attached hydrogens (tertiary/aromatic N) is 1. The molecule has 0 aliphatic heterocycles. The molecule has 2 N–H and O–H groups in total. The van der Waals surface area contributed by atoms with Gasteiger partial charge in [0.15, 0.2) is 0 Å². The SMILES string of the molecule is CCN(CC)C(CNC(=O)CCNC(=O)c1ccc(Br)cc1)c1cccc(OC)c1. The highest BCUT2D eigenvalue weighted by atomic mass is 79.9. The van der Waals surface area contributed by atoms with Crippen molar-refractivity contribution in [1.29, 1.82) is 0 Å². The van der Waals surface area contributed by atoms with Crippen molar-refractivity contribution in [2.24, 2.45) is 0 Å². The Balaban J connectivity index is 1.88. The molecule has 6 nitrogen and oxygen atoms in total. The molecule has 2 aromatic rings. The first-order valence-electron chi connectivity index (χ1n) is 10.2. The largest absolute Gasteiger partial charge is 0.497 e. The molecule has 162 valence electrons. The Morgan fingerprint density at radius 1 is 1.07 bits per heavy atom. The Kier molecular flexibility index (Phi) is 9.83. The van der Waals surface area contributed by atoms with Crippen LogP contribution in [0.15, 0.2) is 53.0 Å². The normalized spacial score (nSPS) is 11.8. The smallest absolute Gasteiger partial charge is 0.251 e. The van der Waals surface area contributed by atoms with Crippen molar-refractivity contribution >= 4 is 27.7 Å². The molecule has 30 heavy (non-hydrogen) atoms. The van der Waals surface area contributed by atoms with E-state index in [1.165, 1.54) is 0 Å². The van der Waals surface area contributed by atoms with Crippen molar-refractivity contribution in [2.45, 2.75) is 26.3 Å². The van der Waals surface area contributed by atoms with Gasteiger partial charge in [0.05, 0.1) is 13.2 Å². The van der Waals surface area contributed by atoms with E-state index < -0.39 is 0 Å². The van der Waals surface area contributed by atoms with Crippen molar-refractivity contribution in [1.82, 2.24) is 15.5 Å². The molecule has 0 bridgehead atoms. The van der Waals surface area contributed by atoms with Crippen molar-refractivity contribution in [3.05, 3.63) is 64.1 Å². The zero-order chi connectivity index (χ0) is 21.9. The lowest BCUT2D eigenvalue weighted by molar-refractivity contribution is -0.121. The molecule has 0 aromatic heterocycles. The van der Waals surface area contributed by atoms with Gasteiger partial charge in [0.2, 0.25) is 5.91 Å². The molecule has 1 unspecified atom stereocenters. The van der Waals surface area contributed by atoms with E-state index in [2.05, 4.69) is 51.4 Å². The molecule has 0 heterocycles. The number of carbonyl (C=O) groups excluding carboxylic acids is 2. The molecule has 7 heteroatoms. The monoisotopic (exact) mass is 475 g/mol. The summed E-state index contributed by atoms with van der Waals surface area (Å²) in [5, 5.41) is 5.80. The highest BCUT2D eigenvalue weighted by Gasteiger charge is 2.19. The van der Waals surface area contributed by atoms with Crippen LogP contribution >= 0.6 is 15.9 Å². The second kappa shape index (κ2) is 12.3. The maximum atomic E-state index is 12.4. The highest BCUT2D eigenvalue weighted by Crippen LogP contribution is 2.23. The third kappa shape index (κ3) is 7.15. The Morgan fingerprint density at radius 2 is 1.77 bits per heavy atom. The van der Waals surface area contributed by atoms with E-state index >= 15 is 0 Å². The van der Waals surface area contributed by atoms with Crippen LogP contribution in [0.1, 0.15) is 42.2 Å². The molecular formula is C23H30BrN3O3. The van der Waals surface area contributed by atoms with Crippen LogP contribution in [-0.4, -0.2) is 50.0 Å². The average molecular weight is 476 g/mol. The van der Waals surface area contributed by atoms with Gasteiger partial charge in [-0.2, -0.15) is 0 Å². The van der Waals surface area contributed by atoms with Gasteiger partial charge < -0.3 is 15.4 Å². The van der Waals surface area contributed by atoms with E-state index in [1.807, 2.05) is 30.3 Å². The van der Waals surface area contributed by atoms with Crippen LogP contribution in [0.4, 0.5) is 0 Å². The van der Waals surface area contributed by atoms with Crippen molar-refractivity contribution in [3.8, 4) is 5.75 Å². The third-order valence-electron chi connectivity index (χ3n) is 4.97. The van der Waals surface area contributed by atoms with E-state index in [-0.39, 0.29) is 30.8 Å². The summed E-state index contributed by atoms with van der Waals surface area (Å²) in [5.41, 5.74) is 1.67. The van der Waals surface area contributed by atoms with E-state index in [0.717, 1.165) is 28.9 Å². The first-order chi connectivity index (χ1) is 14.5. The summed E-state index contributed by atoms with van der Waals surface area (Å²) in [7, 11) is 1.65. The number of halogens is 1. The molecular weight excluding hydrogens is 446 g/mol. The molecule has 0 aliphatic rings. The summed E-state index contributed by atoms with van der Waals surface area (Å²) in [6, 6.07) is 15.1. The summed E-state index contributed by atoms with van der Waals surface area (Å²) in [6.07, 6.45) is 0.228. The van der Waals surface area contributed by atoms with E-state index in [0.29, 0.717) is 12.1 Å².